The van der Waals surface area contributed by atoms with Crippen molar-refractivity contribution < 1.29 is 14.6 Å². The fourth-order valence-electron chi connectivity index (χ4n) is 2.16. The van der Waals surface area contributed by atoms with Gasteiger partial charge in [-0.3, -0.25) is 0 Å². The topological polar surface area (TPSA) is 50.7 Å². The van der Waals surface area contributed by atoms with E-state index in [1.807, 2.05) is 24.3 Å². The molecule has 4 heteroatoms. The molecule has 1 heterocycles. The van der Waals surface area contributed by atoms with Gasteiger partial charge in [0.2, 0.25) is 0 Å². The summed E-state index contributed by atoms with van der Waals surface area (Å²) >= 11 is 0. The van der Waals surface area contributed by atoms with Crippen LogP contribution < -0.4 is 10.1 Å². The summed E-state index contributed by atoms with van der Waals surface area (Å²) in [6.45, 7) is 4.53. The highest BCUT2D eigenvalue weighted by molar-refractivity contribution is 5.33. The Bertz CT molecular complexity index is 375. The second-order valence-corrected chi connectivity index (χ2v) is 5.03. The molecule has 0 aliphatic carbocycles. The molecule has 2 N–H and O–H groups in total. The van der Waals surface area contributed by atoms with Crippen LogP contribution in [0.5, 0.6) is 5.75 Å². The molecule has 2 atom stereocenters. The lowest BCUT2D eigenvalue weighted by Gasteiger charge is -2.15. The summed E-state index contributed by atoms with van der Waals surface area (Å²) < 4.78 is 11.4. The van der Waals surface area contributed by atoms with Crippen LogP contribution in [0.1, 0.15) is 25.3 Å². The molecule has 0 saturated carbocycles. The first kappa shape index (κ1) is 14.3. The molecule has 0 radical (unpaired) electrons. The molecular formula is C15H23NO3. The van der Waals surface area contributed by atoms with Gasteiger partial charge in [-0.25, -0.2) is 0 Å². The number of benzene rings is 1. The van der Waals surface area contributed by atoms with Gasteiger partial charge < -0.3 is 19.9 Å². The first-order chi connectivity index (χ1) is 9.25. The Labute approximate surface area is 114 Å². The van der Waals surface area contributed by atoms with E-state index in [1.54, 1.807) is 6.92 Å². The molecule has 1 aromatic rings. The Morgan fingerprint density at radius 3 is 3.05 bits per heavy atom. The van der Waals surface area contributed by atoms with Crippen molar-refractivity contribution in [1.29, 1.82) is 0 Å². The van der Waals surface area contributed by atoms with Crippen molar-refractivity contribution >= 4 is 0 Å². The first-order valence-electron chi connectivity index (χ1n) is 6.97. The van der Waals surface area contributed by atoms with E-state index < -0.39 is 0 Å². The lowest BCUT2D eigenvalue weighted by molar-refractivity contribution is 0.0675. The van der Waals surface area contributed by atoms with Crippen LogP contribution in [-0.4, -0.2) is 37.1 Å². The van der Waals surface area contributed by atoms with Gasteiger partial charge in [-0.1, -0.05) is 18.2 Å². The molecule has 2 rings (SSSR count). The molecule has 1 saturated heterocycles. The van der Waals surface area contributed by atoms with Gasteiger partial charge >= 0.3 is 0 Å². The van der Waals surface area contributed by atoms with Crippen molar-refractivity contribution in [3.63, 3.8) is 0 Å². The Morgan fingerprint density at radius 2 is 2.32 bits per heavy atom. The number of hydrogen-bond donors (Lipinski definition) is 2. The summed E-state index contributed by atoms with van der Waals surface area (Å²) in [5.41, 5.74) is 1.11. The number of para-hydroxylation sites is 1. The fraction of sp³-hybridized carbons (Fsp3) is 0.600. The van der Waals surface area contributed by atoms with Gasteiger partial charge in [-0.15, -0.1) is 0 Å². The summed E-state index contributed by atoms with van der Waals surface area (Å²) in [7, 11) is 0. The zero-order valence-corrected chi connectivity index (χ0v) is 11.5. The Balaban J connectivity index is 1.84. The first-order valence-corrected chi connectivity index (χ1v) is 6.97. The summed E-state index contributed by atoms with van der Waals surface area (Å²) in [4.78, 5) is 0. The molecule has 2 unspecified atom stereocenters. The van der Waals surface area contributed by atoms with Crippen molar-refractivity contribution in [3.05, 3.63) is 29.8 Å². The highest BCUT2D eigenvalue weighted by Gasteiger charge is 2.16. The van der Waals surface area contributed by atoms with E-state index in [4.69, 9.17) is 9.47 Å². The number of nitrogens with one attached hydrogen (secondary N) is 1. The second-order valence-electron chi connectivity index (χ2n) is 5.03. The lowest BCUT2D eigenvalue weighted by Crippen LogP contribution is -2.24. The van der Waals surface area contributed by atoms with Crippen molar-refractivity contribution in [2.24, 2.45) is 0 Å². The number of hydrogen-bond acceptors (Lipinski definition) is 4. The minimum absolute atomic E-state index is 0.235. The third-order valence-electron chi connectivity index (χ3n) is 3.18. The van der Waals surface area contributed by atoms with Crippen LogP contribution in [0.25, 0.3) is 0 Å². The van der Waals surface area contributed by atoms with Crippen molar-refractivity contribution in [2.75, 3.05) is 19.8 Å². The van der Waals surface area contributed by atoms with Gasteiger partial charge in [0, 0.05) is 25.3 Å². The number of rotatable bonds is 7. The fourth-order valence-corrected chi connectivity index (χ4v) is 2.16. The lowest BCUT2D eigenvalue weighted by atomic mass is 10.2. The quantitative estimate of drug-likeness (QED) is 0.788. The SMILES string of the molecule is CC(O)CNCc1ccccc1OCC1CCCO1. The van der Waals surface area contributed by atoms with E-state index in [0.717, 1.165) is 30.8 Å². The van der Waals surface area contributed by atoms with Crippen LogP contribution in [0.3, 0.4) is 0 Å². The molecule has 0 amide bonds. The van der Waals surface area contributed by atoms with Crippen LogP contribution in [-0.2, 0) is 11.3 Å². The normalized spacial score (nSPS) is 20.4. The largest absolute Gasteiger partial charge is 0.491 e. The Hall–Kier alpha value is -1.10. The Kier molecular flexibility index (Phi) is 5.63. The minimum Gasteiger partial charge on any atom is -0.491 e. The molecule has 1 aliphatic heterocycles. The van der Waals surface area contributed by atoms with Crippen LogP contribution >= 0.6 is 0 Å². The summed E-state index contributed by atoms with van der Waals surface area (Å²) in [6, 6.07) is 8.00. The maximum absolute atomic E-state index is 9.24. The maximum atomic E-state index is 9.24. The molecular weight excluding hydrogens is 242 g/mol. The van der Waals surface area contributed by atoms with Crippen LogP contribution in [0.2, 0.25) is 0 Å². The highest BCUT2D eigenvalue weighted by atomic mass is 16.5. The van der Waals surface area contributed by atoms with E-state index in [-0.39, 0.29) is 12.2 Å². The van der Waals surface area contributed by atoms with Crippen LogP contribution in [0.4, 0.5) is 0 Å². The zero-order valence-electron chi connectivity index (χ0n) is 11.5. The third-order valence-corrected chi connectivity index (χ3v) is 3.18. The van der Waals surface area contributed by atoms with Crippen molar-refractivity contribution in [3.8, 4) is 5.75 Å². The standard InChI is InChI=1S/C15H23NO3/c1-12(17)9-16-10-13-5-2-3-7-15(13)19-11-14-6-4-8-18-14/h2-3,5,7,12,14,16-17H,4,6,8-11H2,1H3. The number of ether oxygens (including phenoxy) is 2. The summed E-state index contributed by atoms with van der Waals surface area (Å²) in [6.07, 6.45) is 2.12. The predicted octanol–water partition coefficient (Wildman–Crippen LogP) is 1.71. The minimum atomic E-state index is -0.333. The second kappa shape index (κ2) is 7.48. The van der Waals surface area contributed by atoms with E-state index in [1.165, 1.54) is 0 Å². The van der Waals surface area contributed by atoms with Gasteiger partial charge in [-0.2, -0.15) is 0 Å². The summed E-state index contributed by atoms with van der Waals surface area (Å²) in [5, 5.41) is 12.4. The molecule has 4 nitrogen and oxygen atoms in total. The van der Waals surface area contributed by atoms with Gasteiger partial charge in [0.1, 0.15) is 12.4 Å². The summed E-state index contributed by atoms with van der Waals surface area (Å²) in [5.74, 6) is 0.899. The maximum Gasteiger partial charge on any atom is 0.123 e. The van der Waals surface area contributed by atoms with E-state index in [2.05, 4.69) is 5.32 Å². The van der Waals surface area contributed by atoms with E-state index >= 15 is 0 Å². The average molecular weight is 265 g/mol. The monoisotopic (exact) mass is 265 g/mol. The third kappa shape index (κ3) is 4.82. The number of aliphatic hydroxyl groups excluding tert-OH is 1. The molecule has 0 bridgehead atoms. The zero-order chi connectivity index (χ0) is 13.5. The van der Waals surface area contributed by atoms with Gasteiger partial charge in [0.15, 0.2) is 0 Å². The van der Waals surface area contributed by atoms with E-state index in [0.29, 0.717) is 19.7 Å². The molecule has 1 fully saturated rings. The molecule has 1 aromatic carbocycles. The van der Waals surface area contributed by atoms with Crippen molar-refractivity contribution in [2.45, 2.75) is 38.5 Å². The molecule has 1 aliphatic rings. The van der Waals surface area contributed by atoms with Gasteiger partial charge in [-0.05, 0) is 25.8 Å². The van der Waals surface area contributed by atoms with E-state index in [9.17, 15) is 5.11 Å². The molecule has 19 heavy (non-hydrogen) atoms. The van der Waals surface area contributed by atoms with Gasteiger partial charge in [0.05, 0.1) is 12.2 Å². The average Bonchev–Trinajstić information content (AvgIpc) is 2.90. The van der Waals surface area contributed by atoms with Crippen LogP contribution in [0, 0.1) is 0 Å². The Morgan fingerprint density at radius 1 is 1.47 bits per heavy atom. The van der Waals surface area contributed by atoms with Crippen LogP contribution in [0.15, 0.2) is 24.3 Å². The smallest absolute Gasteiger partial charge is 0.123 e. The highest BCUT2D eigenvalue weighted by Crippen LogP contribution is 2.20. The molecule has 0 spiro atoms. The predicted molar refractivity (Wildman–Crippen MR) is 74.3 cm³/mol. The van der Waals surface area contributed by atoms with Gasteiger partial charge in [0.25, 0.3) is 0 Å². The number of aliphatic hydroxyl groups is 1. The molecule has 0 aromatic heterocycles. The molecule has 106 valence electrons. The van der Waals surface area contributed by atoms with Crippen molar-refractivity contribution in [1.82, 2.24) is 5.32 Å².